The Morgan fingerprint density at radius 3 is 3.00 bits per heavy atom. The van der Waals surface area contributed by atoms with E-state index >= 15 is 0 Å². The number of aryl methyl sites for hydroxylation is 1. The lowest BCUT2D eigenvalue weighted by Gasteiger charge is -2.27. The Labute approximate surface area is 107 Å². The summed E-state index contributed by atoms with van der Waals surface area (Å²) in [5, 5.41) is 8.57. The number of rotatable bonds is 3. The van der Waals surface area contributed by atoms with Gasteiger partial charge >= 0.3 is 0 Å². The molecule has 1 aliphatic rings. The number of hydrogen-bond acceptors (Lipinski definition) is 4. The predicted octanol–water partition coefficient (Wildman–Crippen LogP) is 1.58. The molecule has 18 heavy (non-hydrogen) atoms. The highest BCUT2D eigenvalue weighted by molar-refractivity contribution is 5.82. The molecule has 0 unspecified atom stereocenters. The van der Waals surface area contributed by atoms with Crippen molar-refractivity contribution in [3.8, 4) is 0 Å². The minimum absolute atomic E-state index is 0.963. The zero-order valence-corrected chi connectivity index (χ0v) is 10.8. The molecule has 0 saturated carbocycles. The van der Waals surface area contributed by atoms with Crippen LogP contribution in [-0.4, -0.2) is 42.8 Å². The molecule has 1 aliphatic heterocycles. The monoisotopic (exact) mass is 245 g/mol. The minimum atomic E-state index is 0.963. The number of aromatic nitrogens is 1. The standard InChI is InChI=1S/C14H19N3O/c1-11-13-4-2-3-12(14(13)18-16-11)5-8-17-9-6-15-7-10-17/h2-4,15H,5-10H2,1H3. The molecule has 96 valence electrons. The topological polar surface area (TPSA) is 41.3 Å². The number of piperazine rings is 1. The van der Waals surface area contributed by atoms with Crippen LogP contribution in [0.25, 0.3) is 11.0 Å². The van der Waals surface area contributed by atoms with Crippen LogP contribution < -0.4 is 5.32 Å². The maximum absolute atomic E-state index is 5.44. The lowest BCUT2D eigenvalue weighted by molar-refractivity contribution is 0.244. The second-order valence-electron chi connectivity index (χ2n) is 4.90. The third-order valence-electron chi connectivity index (χ3n) is 3.67. The highest BCUT2D eigenvalue weighted by Crippen LogP contribution is 2.22. The van der Waals surface area contributed by atoms with Gasteiger partial charge in [0.05, 0.1) is 5.69 Å². The van der Waals surface area contributed by atoms with Crippen molar-refractivity contribution in [2.75, 3.05) is 32.7 Å². The first kappa shape index (κ1) is 11.7. The van der Waals surface area contributed by atoms with Crippen LogP contribution in [-0.2, 0) is 6.42 Å². The summed E-state index contributed by atoms with van der Waals surface area (Å²) in [6, 6.07) is 6.32. The Morgan fingerprint density at radius 2 is 2.17 bits per heavy atom. The third-order valence-corrected chi connectivity index (χ3v) is 3.67. The highest BCUT2D eigenvalue weighted by Gasteiger charge is 2.12. The molecule has 1 aromatic carbocycles. The van der Waals surface area contributed by atoms with Gasteiger partial charge in [0.1, 0.15) is 0 Å². The van der Waals surface area contributed by atoms with E-state index in [1.165, 1.54) is 5.56 Å². The van der Waals surface area contributed by atoms with Gasteiger partial charge in [0.25, 0.3) is 0 Å². The molecule has 0 atom stereocenters. The Kier molecular flexibility index (Phi) is 3.30. The zero-order chi connectivity index (χ0) is 12.4. The van der Waals surface area contributed by atoms with Crippen LogP contribution in [0.1, 0.15) is 11.3 Å². The van der Waals surface area contributed by atoms with E-state index in [1.54, 1.807) is 0 Å². The van der Waals surface area contributed by atoms with E-state index in [-0.39, 0.29) is 0 Å². The molecule has 1 aromatic heterocycles. The summed E-state index contributed by atoms with van der Waals surface area (Å²) in [6.45, 7) is 7.58. The second-order valence-corrected chi connectivity index (χ2v) is 4.90. The largest absolute Gasteiger partial charge is 0.356 e. The number of hydrogen-bond donors (Lipinski definition) is 1. The summed E-state index contributed by atoms with van der Waals surface area (Å²) >= 11 is 0. The number of benzene rings is 1. The SMILES string of the molecule is Cc1noc2c(CCN3CCNCC3)cccc12. The molecule has 0 amide bonds. The van der Waals surface area contributed by atoms with E-state index in [4.69, 9.17) is 4.52 Å². The van der Waals surface area contributed by atoms with E-state index in [2.05, 4.69) is 33.6 Å². The molecule has 1 fully saturated rings. The van der Waals surface area contributed by atoms with E-state index in [0.717, 1.165) is 55.8 Å². The van der Waals surface area contributed by atoms with Gasteiger partial charge in [0.15, 0.2) is 5.58 Å². The fourth-order valence-electron chi connectivity index (χ4n) is 2.55. The third kappa shape index (κ3) is 2.26. The van der Waals surface area contributed by atoms with Crippen molar-refractivity contribution in [2.45, 2.75) is 13.3 Å². The fraction of sp³-hybridized carbons (Fsp3) is 0.500. The summed E-state index contributed by atoms with van der Waals surface area (Å²) in [7, 11) is 0. The van der Waals surface area contributed by atoms with Gasteiger partial charge in [-0.3, -0.25) is 0 Å². The Bertz CT molecular complexity index is 529. The molecule has 4 nitrogen and oxygen atoms in total. The molecule has 0 bridgehead atoms. The van der Waals surface area contributed by atoms with Crippen LogP contribution in [0.4, 0.5) is 0 Å². The lowest BCUT2D eigenvalue weighted by Crippen LogP contribution is -2.44. The van der Waals surface area contributed by atoms with Crippen LogP contribution in [0, 0.1) is 6.92 Å². The summed E-state index contributed by atoms with van der Waals surface area (Å²) in [4.78, 5) is 2.50. The number of para-hydroxylation sites is 1. The Morgan fingerprint density at radius 1 is 1.33 bits per heavy atom. The van der Waals surface area contributed by atoms with Crippen molar-refractivity contribution < 1.29 is 4.52 Å². The van der Waals surface area contributed by atoms with Crippen molar-refractivity contribution in [3.05, 3.63) is 29.5 Å². The van der Waals surface area contributed by atoms with Crippen LogP contribution in [0.3, 0.4) is 0 Å². The van der Waals surface area contributed by atoms with E-state index in [0.29, 0.717) is 0 Å². The molecular weight excluding hydrogens is 226 g/mol. The predicted molar refractivity (Wildman–Crippen MR) is 71.8 cm³/mol. The van der Waals surface area contributed by atoms with Gasteiger partial charge in [-0.15, -0.1) is 0 Å². The molecule has 4 heteroatoms. The van der Waals surface area contributed by atoms with E-state index in [1.807, 2.05) is 6.92 Å². The molecule has 0 spiro atoms. The first-order chi connectivity index (χ1) is 8.84. The first-order valence-corrected chi connectivity index (χ1v) is 6.61. The van der Waals surface area contributed by atoms with Gasteiger partial charge < -0.3 is 14.7 Å². The van der Waals surface area contributed by atoms with Crippen LogP contribution in [0.5, 0.6) is 0 Å². The number of fused-ring (bicyclic) bond motifs is 1. The van der Waals surface area contributed by atoms with Crippen molar-refractivity contribution in [2.24, 2.45) is 0 Å². The molecule has 3 rings (SSSR count). The summed E-state index contributed by atoms with van der Waals surface area (Å²) in [5.41, 5.74) is 3.21. The smallest absolute Gasteiger partial charge is 0.170 e. The van der Waals surface area contributed by atoms with E-state index < -0.39 is 0 Å². The average molecular weight is 245 g/mol. The summed E-state index contributed by atoms with van der Waals surface area (Å²) in [6.07, 6.45) is 1.03. The second kappa shape index (κ2) is 5.08. The number of nitrogens with one attached hydrogen (secondary N) is 1. The quantitative estimate of drug-likeness (QED) is 0.891. The fourth-order valence-corrected chi connectivity index (χ4v) is 2.55. The first-order valence-electron chi connectivity index (χ1n) is 6.61. The molecule has 1 saturated heterocycles. The van der Waals surface area contributed by atoms with Crippen LogP contribution in [0.15, 0.2) is 22.7 Å². The molecule has 1 N–H and O–H groups in total. The van der Waals surface area contributed by atoms with Crippen molar-refractivity contribution in [1.82, 2.24) is 15.4 Å². The Balaban J connectivity index is 1.74. The minimum Gasteiger partial charge on any atom is -0.356 e. The average Bonchev–Trinajstić information content (AvgIpc) is 2.80. The summed E-state index contributed by atoms with van der Waals surface area (Å²) < 4.78 is 5.44. The van der Waals surface area contributed by atoms with Crippen molar-refractivity contribution in [1.29, 1.82) is 0 Å². The number of nitrogens with zero attached hydrogens (tertiary/aromatic N) is 2. The molecular formula is C14H19N3O. The van der Waals surface area contributed by atoms with E-state index in [9.17, 15) is 0 Å². The van der Waals surface area contributed by atoms with Gasteiger partial charge in [0.2, 0.25) is 0 Å². The van der Waals surface area contributed by atoms with Crippen LogP contribution >= 0.6 is 0 Å². The Hall–Kier alpha value is -1.39. The highest BCUT2D eigenvalue weighted by atomic mass is 16.5. The van der Waals surface area contributed by atoms with Gasteiger partial charge in [0, 0.05) is 38.1 Å². The van der Waals surface area contributed by atoms with Crippen LogP contribution in [0.2, 0.25) is 0 Å². The molecule has 2 heterocycles. The van der Waals surface area contributed by atoms with Crippen molar-refractivity contribution >= 4 is 11.0 Å². The lowest BCUT2D eigenvalue weighted by atomic mass is 10.1. The molecule has 2 aromatic rings. The van der Waals surface area contributed by atoms with Crippen molar-refractivity contribution in [3.63, 3.8) is 0 Å². The maximum atomic E-state index is 5.44. The zero-order valence-electron chi connectivity index (χ0n) is 10.8. The maximum Gasteiger partial charge on any atom is 0.170 e. The normalized spacial score (nSPS) is 17.4. The molecule has 0 aliphatic carbocycles. The molecule has 0 radical (unpaired) electrons. The van der Waals surface area contributed by atoms with Gasteiger partial charge in [-0.1, -0.05) is 17.3 Å². The van der Waals surface area contributed by atoms with Gasteiger partial charge in [-0.2, -0.15) is 0 Å². The van der Waals surface area contributed by atoms with Gasteiger partial charge in [-0.25, -0.2) is 0 Å². The summed E-state index contributed by atoms with van der Waals surface area (Å²) in [5.74, 6) is 0. The van der Waals surface area contributed by atoms with Gasteiger partial charge in [-0.05, 0) is 25.0 Å².